The Morgan fingerprint density at radius 2 is 2.24 bits per heavy atom. The lowest BCUT2D eigenvalue weighted by Crippen LogP contribution is -2.32. The molecule has 0 fully saturated rings. The summed E-state index contributed by atoms with van der Waals surface area (Å²) < 4.78 is 5.09. The summed E-state index contributed by atoms with van der Waals surface area (Å²) in [7, 11) is 0. The van der Waals surface area contributed by atoms with Crippen molar-refractivity contribution in [3.63, 3.8) is 0 Å². The molecule has 3 N–H and O–H groups in total. The van der Waals surface area contributed by atoms with Crippen molar-refractivity contribution in [2.45, 2.75) is 32.9 Å². The van der Waals surface area contributed by atoms with Crippen molar-refractivity contribution in [3.05, 3.63) is 23.0 Å². The second-order valence-corrected chi connectivity index (χ2v) is 4.94. The van der Waals surface area contributed by atoms with Crippen molar-refractivity contribution in [3.8, 4) is 0 Å². The second kappa shape index (κ2) is 5.23. The van der Waals surface area contributed by atoms with E-state index in [0.717, 1.165) is 5.56 Å². The summed E-state index contributed by atoms with van der Waals surface area (Å²) >= 11 is 5.68. The van der Waals surface area contributed by atoms with Gasteiger partial charge in [-0.2, -0.15) is 0 Å². The molecule has 0 atom stereocenters. The van der Waals surface area contributed by atoms with Gasteiger partial charge in [-0.1, -0.05) is 11.6 Å². The van der Waals surface area contributed by atoms with Crippen LogP contribution in [-0.2, 0) is 11.3 Å². The van der Waals surface area contributed by atoms with Crippen molar-refractivity contribution in [1.29, 1.82) is 0 Å². The second-order valence-electron chi connectivity index (χ2n) is 4.58. The average Bonchev–Trinajstić information content (AvgIpc) is 2.17. The van der Waals surface area contributed by atoms with Gasteiger partial charge in [0.25, 0.3) is 0 Å². The van der Waals surface area contributed by atoms with Crippen LogP contribution in [0, 0.1) is 0 Å². The number of nitrogens with zero attached hydrogens (tertiary/aromatic N) is 1. The number of hydrogen-bond donors (Lipinski definition) is 2. The lowest BCUT2D eigenvalue weighted by atomic mass is 10.2. The number of rotatable bonds is 2. The van der Waals surface area contributed by atoms with Crippen LogP contribution in [0.5, 0.6) is 0 Å². The number of hydrogen-bond acceptors (Lipinski definition) is 4. The van der Waals surface area contributed by atoms with Gasteiger partial charge >= 0.3 is 6.09 Å². The van der Waals surface area contributed by atoms with Crippen LogP contribution in [0.2, 0.25) is 5.15 Å². The first-order chi connectivity index (χ1) is 7.78. The molecule has 6 heteroatoms. The topological polar surface area (TPSA) is 77.2 Å². The Hall–Kier alpha value is -1.49. The van der Waals surface area contributed by atoms with Crippen molar-refractivity contribution in [2.75, 3.05) is 5.73 Å². The molecule has 0 aliphatic rings. The first kappa shape index (κ1) is 13.6. The lowest BCUT2D eigenvalue weighted by molar-refractivity contribution is 0.0523. The molecule has 0 bridgehead atoms. The van der Waals surface area contributed by atoms with Crippen LogP contribution in [0.15, 0.2) is 12.3 Å². The Kier molecular flexibility index (Phi) is 4.17. The predicted octanol–water partition coefficient (Wildman–Crippen LogP) is 2.34. The number of ether oxygens (including phenoxy) is 1. The summed E-state index contributed by atoms with van der Waals surface area (Å²) in [6.07, 6.45) is 1.07. The van der Waals surface area contributed by atoms with Crippen LogP contribution in [0.4, 0.5) is 10.5 Å². The van der Waals surface area contributed by atoms with E-state index in [1.54, 1.807) is 33.0 Å². The fourth-order valence-electron chi connectivity index (χ4n) is 1.10. The highest BCUT2D eigenvalue weighted by Gasteiger charge is 2.15. The molecule has 0 saturated heterocycles. The molecule has 0 aromatic carbocycles. The zero-order valence-electron chi connectivity index (χ0n) is 10.1. The fraction of sp³-hybridized carbons (Fsp3) is 0.455. The van der Waals surface area contributed by atoms with Gasteiger partial charge in [-0.3, -0.25) is 0 Å². The smallest absolute Gasteiger partial charge is 0.407 e. The van der Waals surface area contributed by atoms with Gasteiger partial charge < -0.3 is 15.8 Å². The Morgan fingerprint density at radius 3 is 2.76 bits per heavy atom. The van der Waals surface area contributed by atoms with E-state index in [4.69, 9.17) is 22.1 Å². The molecule has 0 spiro atoms. The summed E-state index contributed by atoms with van der Waals surface area (Å²) in [5.74, 6) is 0. The average molecular weight is 258 g/mol. The van der Waals surface area contributed by atoms with Crippen molar-refractivity contribution >= 4 is 23.4 Å². The minimum absolute atomic E-state index is 0.256. The third kappa shape index (κ3) is 4.91. The van der Waals surface area contributed by atoms with Crippen LogP contribution in [0.1, 0.15) is 26.3 Å². The molecule has 94 valence electrons. The van der Waals surface area contributed by atoms with Gasteiger partial charge in [0.2, 0.25) is 0 Å². The molecule has 1 aromatic rings. The number of nitrogens with two attached hydrogens (primary N) is 1. The monoisotopic (exact) mass is 257 g/mol. The number of carbonyl (C=O) groups excluding carboxylic acids is 1. The standard InChI is InChI=1S/C11H16ClN3O2/c1-11(2,3)17-10(16)15-6-7-4-8(13)9(12)14-5-7/h4-5H,6,13H2,1-3H3,(H,15,16). The third-order valence-electron chi connectivity index (χ3n) is 1.76. The highest BCUT2D eigenvalue weighted by atomic mass is 35.5. The number of alkyl carbamates (subject to hydrolysis) is 1. The van der Waals surface area contributed by atoms with E-state index in [1.807, 2.05) is 0 Å². The number of pyridine rings is 1. The number of anilines is 1. The number of amides is 1. The van der Waals surface area contributed by atoms with E-state index >= 15 is 0 Å². The summed E-state index contributed by atoms with van der Waals surface area (Å²) in [6, 6.07) is 1.66. The van der Waals surface area contributed by atoms with E-state index in [0.29, 0.717) is 12.2 Å². The first-order valence-electron chi connectivity index (χ1n) is 5.14. The van der Waals surface area contributed by atoms with Crippen molar-refractivity contribution in [1.82, 2.24) is 10.3 Å². The molecule has 1 aromatic heterocycles. The van der Waals surface area contributed by atoms with Crippen molar-refractivity contribution < 1.29 is 9.53 Å². The van der Waals surface area contributed by atoms with Crippen LogP contribution in [0.3, 0.4) is 0 Å². The molecule has 0 unspecified atom stereocenters. The van der Waals surface area contributed by atoms with Gasteiger partial charge in [0.1, 0.15) is 5.60 Å². The highest BCUT2D eigenvalue weighted by Crippen LogP contribution is 2.16. The predicted molar refractivity (Wildman–Crippen MR) is 66.7 cm³/mol. The molecule has 5 nitrogen and oxygen atoms in total. The fourth-order valence-corrected chi connectivity index (χ4v) is 1.20. The van der Waals surface area contributed by atoms with Crippen LogP contribution in [-0.4, -0.2) is 16.7 Å². The van der Waals surface area contributed by atoms with E-state index < -0.39 is 11.7 Å². The highest BCUT2D eigenvalue weighted by molar-refractivity contribution is 6.31. The summed E-state index contributed by atoms with van der Waals surface area (Å²) in [4.78, 5) is 15.3. The Morgan fingerprint density at radius 1 is 1.59 bits per heavy atom. The van der Waals surface area contributed by atoms with Gasteiger partial charge in [0.15, 0.2) is 5.15 Å². The van der Waals surface area contributed by atoms with Crippen molar-refractivity contribution in [2.24, 2.45) is 0 Å². The normalized spacial score (nSPS) is 11.1. The van der Waals surface area contributed by atoms with Crippen LogP contribution < -0.4 is 11.1 Å². The molecule has 0 aliphatic heterocycles. The quantitative estimate of drug-likeness (QED) is 0.798. The molecule has 1 rings (SSSR count). The van der Waals surface area contributed by atoms with E-state index in [-0.39, 0.29) is 5.15 Å². The minimum Gasteiger partial charge on any atom is -0.444 e. The third-order valence-corrected chi connectivity index (χ3v) is 2.07. The maximum atomic E-state index is 11.4. The molecule has 0 saturated carbocycles. The van der Waals surface area contributed by atoms with Crippen LogP contribution in [0.25, 0.3) is 0 Å². The number of halogens is 1. The van der Waals surface area contributed by atoms with Gasteiger partial charge in [-0.15, -0.1) is 0 Å². The van der Waals surface area contributed by atoms with Gasteiger partial charge in [-0.25, -0.2) is 9.78 Å². The van der Waals surface area contributed by atoms with Gasteiger partial charge in [-0.05, 0) is 32.4 Å². The molecule has 17 heavy (non-hydrogen) atoms. The maximum Gasteiger partial charge on any atom is 0.407 e. The summed E-state index contributed by atoms with van der Waals surface area (Å²) in [5.41, 5.74) is 6.22. The zero-order chi connectivity index (χ0) is 13.1. The molecular formula is C11H16ClN3O2. The van der Waals surface area contributed by atoms with Gasteiger partial charge in [0, 0.05) is 12.7 Å². The summed E-state index contributed by atoms with van der Waals surface area (Å²) in [5, 5.41) is 2.86. The molecular weight excluding hydrogens is 242 g/mol. The number of nitrogen functional groups attached to an aromatic ring is 1. The molecule has 1 amide bonds. The number of carbonyl (C=O) groups is 1. The molecule has 1 heterocycles. The number of nitrogens with one attached hydrogen (secondary N) is 1. The Balaban J connectivity index is 2.50. The van der Waals surface area contributed by atoms with Crippen LogP contribution >= 0.6 is 11.6 Å². The SMILES string of the molecule is CC(C)(C)OC(=O)NCc1cnc(Cl)c(N)c1. The zero-order valence-corrected chi connectivity index (χ0v) is 10.8. The largest absolute Gasteiger partial charge is 0.444 e. The Bertz CT molecular complexity index is 416. The van der Waals surface area contributed by atoms with Gasteiger partial charge in [0.05, 0.1) is 5.69 Å². The minimum atomic E-state index is -0.513. The Labute approximate surface area is 105 Å². The first-order valence-corrected chi connectivity index (χ1v) is 5.52. The molecule has 0 radical (unpaired) electrons. The molecule has 0 aliphatic carbocycles. The number of aromatic nitrogens is 1. The maximum absolute atomic E-state index is 11.4. The van der Waals surface area contributed by atoms with E-state index in [1.165, 1.54) is 0 Å². The van der Waals surface area contributed by atoms with E-state index in [2.05, 4.69) is 10.3 Å². The summed E-state index contributed by atoms with van der Waals surface area (Å²) in [6.45, 7) is 5.69. The van der Waals surface area contributed by atoms with E-state index in [9.17, 15) is 4.79 Å². The lowest BCUT2D eigenvalue weighted by Gasteiger charge is -2.19.